The Hall–Kier alpha value is -1.14. The molecule has 6 nitrogen and oxygen atoms in total. The Morgan fingerprint density at radius 1 is 1.38 bits per heavy atom. The Morgan fingerprint density at radius 3 is 2.76 bits per heavy atom. The zero-order chi connectivity index (χ0) is 15.3. The summed E-state index contributed by atoms with van der Waals surface area (Å²) in [6.07, 6.45) is 2.54. The molecule has 0 aromatic carbocycles. The Balaban J connectivity index is 2.06. The SMILES string of the molecule is CCCNC(=O)C1COCCN1C(=O)C1(C)CCNCC1. The maximum atomic E-state index is 12.9. The van der Waals surface area contributed by atoms with Crippen LogP contribution in [0, 0.1) is 5.41 Å². The van der Waals surface area contributed by atoms with Crippen molar-refractivity contribution in [3.63, 3.8) is 0 Å². The number of ether oxygens (including phenoxy) is 1. The summed E-state index contributed by atoms with van der Waals surface area (Å²) >= 11 is 0. The van der Waals surface area contributed by atoms with E-state index >= 15 is 0 Å². The first kappa shape index (κ1) is 16.2. The lowest BCUT2D eigenvalue weighted by Crippen LogP contribution is -2.59. The van der Waals surface area contributed by atoms with E-state index < -0.39 is 6.04 Å². The number of carbonyl (C=O) groups excluding carboxylic acids is 2. The van der Waals surface area contributed by atoms with E-state index in [1.54, 1.807) is 4.90 Å². The summed E-state index contributed by atoms with van der Waals surface area (Å²) in [7, 11) is 0. The molecule has 2 aliphatic heterocycles. The van der Waals surface area contributed by atoms with Crippen LogP contribution >= 0.6 is 0 Å². The fourth-order valence-corrected chi connectivity index (χ4v) is 2.97. The van der Waals surface area contributed by atoms with Crippen molar-refractivity contribution < 1.29 is 14.3 Å². The van der Waals surface area contributed by atoms with E-state index in [0.717, 1.165) is 32.4 Å². The van der Waals surface area contributed by atoms with Gasteiger partial charge in [0.2, 0.25) is 11.8 Å². The van der Waals surface area contributed by atoms with Crippen LogP contribution in [0.15, 0.2) is 0 Å². The second-order valence-electron chi connectivity index (χ2n) is 6.19. The summed E-state index contributed by atoms with van der Waals surface area (Å²) in [6.45, 7) is 7.71. The average Bonchev–Trinajstić information content (AvgIpc) is 2.52. The van der Waals surface area contributed by atoms with Crippen molar-refractivity contribution in [3.8, 4) is 0 Å². The molecule has 6 heteroatoms. The molecular weight excluding hydrogens is 270 g/mol. The summed E-state index contributed by atoms with van der Waals surface area (Å²) in [5.74, 6) is 0.00591. The molecule has 1 atom stereocenters. The summed E-state index contributed by atoms with van der Waals surface area (Å²) in [4.78, 5) is 26.9. The topological polar surface area (TPSA) is 70.7 Å². The van der Waals surface area contributed by atoms with E-state index in [2.05, 4.69) is 10.6 Å². The lowest BCUT2D eigenvalue weighted by Gasteiger charge is -2.42. The first-order valence-corrected chi connectivity index (χ1v) is 7.96. The highest BCUT2D eigenvalue weighted by Gasteiger charge is 2.42. The van der Waals surface area contributed by atoms with E-state index in [-0.39, 0.29) is 17.2 Å². The monoisotopic (exact) mass is 297 g/mol. The standard InChI is InChI=1S/C15H27N3O3/c1-3-6-17-13(19)12-11-21-10-9-18(12)14(20)15(2)4-7-16-8-5-15/h12,16H,3-11H2,1-2H3,(H,17,19). The minimum atomic E-state index is -0.482. The van der Waals surface area contributed by atoms with E-state index in [1.165, 1.54) is 0 Å². The number of nitrogens with one attached hydrogen (secondary N) is 2. The molecular formula is C15H27N3O3. The number of carbonyl (C=O) groups is 2. The van der Waals surface area contributed by atoms with Gasteiger partial charge in [0.05, 0.1) is 13.2 Å². The number of nitrogens with zero attached hydrogens (tertiary/aromatic N) is 1. The molecule has 2 saturated heterocycles. The van der Waals surface area contributed by atoms with E-state index in [4.69, 9.17) is 4.74 Å². The third-order valence-corrected chi connectivity index (χ3v) is 4.46. The van der Waals surface area contributed by atoms with Crippen LogP contribution in [0.3, 0.4) is 0 Å². The number of rotatable bonds is 4. The van der Waals surface area contributed by atoms with E-state index in [1.807, 2.05) is 13.8 Å². The molecule has 0 radical (unpaired) electrons. The Kier molecular flexibility index (Phi) is 5.58. The van der Waals surface area contributed by atoms with Gasteiger partial charge in [-0.05, 0) is 32.4 Å². The number of hydrogen-bond acceptors (Lipinski definition) is 4. The normalized spacial score (nSPS) is 25.4. The van der Waals surface area contributed by atoms with Crippen LogP contribution in [0.1, 0.15) is 33.1 Å². The smallest absolute Gasteiger partial charge is 0.245 e. The molecule has 120 valence electrons. The Morgan fingerprint density at radius 2 is 2.10 bits per heavy atom. The fraction of sp³-hybridized carbons (Fsp3) is 0.867. The van der Waals surface area contributed by atoms with Crippen molar-refractivity contribution in [1.29, 1.82) is 0 Å². The second-order valence-corrected chi connectivity index (χ2v) is 6.19. The third kappa shape index (κ3) is 3.74. The van der Waals surface area contributed by atoms with Crippen LogP contribution in [0.5, 0.6) is 0 Å². The van der Waals surface area contributed by atoms with Crippen LogP contribution in [0.2, 0.25) is 0 Å². The lowest BCUT2D eigenvalue weighted by atomic mass is 9.79. The molecule has 2 rings (SSSR count). The minimum Gasteiger partial charge on any atom is -0.377 e. The fourth-order valence-electron chi connectivity index (χ4n) is 2.97. The number of amides is 2. The number of piperidine rings is 1. The van der Waals surface area contributed by atoms with Gasteiger partial charge in [-0.3, -0.25) is 9.59 Å². The molecule has 0 aliphatic carbocycles. The predicted octanol–water partition coefficient (Wildman–Crippen LogP) is 0.130. The predicted molar refractivity (Wildman–Crippen MR) is 79.8 cm³/mol. The van der Waals surface area contributed by atoms with Crippen LogP contribution < -0.4 is 10.6 Å². The molecule has 0 saturated carbocycles. The lowest BCUT2D eigenvalue weighted by molar-refractivity contribution is -0.157. The van der Waals surface area contributed by atoms with Gasteiger partial charge in [0.25, 0.3) is 0 Å². The molecule has 0 spiro atoms. The maximum absolute atomic E-state index is 12.9. The molecule has 0 aromatic heterocycles. The molecule has 0 aromatic rings. The van der Waals surface area contributed by atoms with Crippen molar-refractivity contribution in [1.82, 2.24) is 15.5 Å². The van der Waals surface area contributed by atoms with Gasteiger partial charge in [-0.2, -0.15) is 0 Å². The molecule has 21 heavy (non-hydrogen) atoms. The van der Waals surface area contributed by atoms with Crippen LogP contribution in [0.25, 0.3) is 0 Å². The molecule has 0 bridgehead atoms. The first-order chi connectivity index (χ1) is 10.1. The largest absolute Gasteiger partial charge is 0.377 e. The summed E-state index contributed by atoms with van der Waals surface area (Å²) in [5, 5.41) is 6.16. The zero-order valence-electron chi connectivity index (χ0n) is 13.1. The van der Waals surface area contributed by atoms with E-state index in [0.29, 0.717) is 26.3 Å². The van der Waals surface area contributed by atoms with Gasteiger partial charge in [0, 0.05) is 18.5 Å². The summed E-state index contributed by atoms with van der Waals surface area (Å²) in [5.41, 5.74) is -0.355. The van der Waals surface area contributed by atoms with Crippen molar-refractivity contribution in [2.45, 2.75) is 39.2 Å². The van der Waals surface area contributed by atoms with Crippen molar-refractivity contribution in [2.75, 3.05) is 39.4 Å². The average molecular weight is 297 g/mol. The summed E-state index contributed by atoms with van der Waals surface area (Å²) < 4.78 is 5.42. The molecule has 2 N–H and O–H groups in total. The van der Waals surface area contributed by atoms with Crippen molar-refractivity contribution in [3.05, 3.63) is 0 Å². The van der Waals surface area contributed by atoms with Gasteiger partial charge >= 0.3 is 0 Å². The van der Waals surface area contributed by atoms with Crippen molar-refractivity contribution in [2.24, 2.45) is 5.41 Å². The molecule has 2 heterocycles. The molecule has 2 amide bonds. The third-order valence-electron chi connectivity index (χ3n) is 4.46. The first-order valence-electron chi connectivity index (χ1n) is 7.96. The summed E-state index contributed by atoms with van der Waals surface area (Å²) in [6, 6.07) is -0.482. The van der Waals surface area contributed by atoms with Gasteiger partial charge in [-0.15, -0.1) is 0 Å². The van der Waals surface area contributed by atoms with Gasteiger partial charge in [-0.25, -0.2) is 0 Å². The van der Waals surface area contributed by atoms with Crippen LogP contribution in [0.4, 0.5) is 0 Å². The zero-order valence-corrected chi connectivity index (χ0v) is 13.1. The second kappa shape index (κ2) is 7.22. The van der Waals surface area contributed by atoms with Gasteiger partial charge < -0.3 is 20.3 Å². The molecule has 1 unspecified atom stereocenters. The maximum Gasteiger partial charge on any atom is 0.245 e. The highest BCUT2D eigenvalue weighted by Crippen LogP contribution is 2.31. The quantitative estimate of drug-likeness (QED) is 0.774. The number of hydrogen-bond donors (Lipinski definition) is 2. The highest BCUT2D eigenvalue weighted by atomic mass is 16.5. The van der Waals surface area contributed by atoms with Crippen LogP contribution in [-0.4, -0.2) is 62.1 Å². The highest BCUT2D eigenvalue weighted by molar-refractivity contribution is 5.90. The molecule has 2 fully saturated rings. The number of morpholine rings is 1. The van der Waals surface area contributed by atoms with Crippen molar-refractivity contribution >= 4 is 11.8 Å². The van der Waals surface area contributed by atoms with Gasteiger partial charge in [0.1, 0.15) is 6.04 Å². The van der Waals surface area contributed by atoms with E-state index in [9.17, 15) is 9.59 Å². The Bertz CT molecular complexity index is 380. The minimum absolute atomic E-state index is 0.0950. The van der Waals surface area contributed by atoms with Gasteiger partial charge in [-0.1, -0.05) is 13.8 Å². The Labute approximate surface area is 126 Å². The van der Waals surface area contributed by atoms with Gasteiger partial charge in [0.15, 0.2) is 0 Å². The molecule has 2 aliphatic rings. The van der Waals surface area contributed by atoms with Crippen LogP contribution in [-0.2, 0) is 14.3 Å².